The van der Waals surface area contributed by atoms with Crippen molar-refractivity contribution in [2.24, 2.45) is 5.41 Å². The third kappa shape index (κ3) is 12.4. The highest BCUT2D eigenvalue weighted by atomic mass is 32.2. The summed E-state index contributed by atoms with van der Waals surface area (Å²) >= 11 is 1.73. The molecule has 5 nitrogen and oxygen atoms in total. The zero-order valence-corrected chi connectivity index (χ0v) is 19.0. The molecule has 0 aromatic heterocycles. The Labute approximate surface area is 170 Å². The van der Waals surface area contributed by atoms with Gasteiger partial charge in [-0.15, -0.1) is 0 Å². The summed E-state index contributed by atoms with van der Waals surface area (Å²) in [4.78, 5) is 11.9. The van der Waals surface area contributed by atoms with Crippen LogP contribution in [-0.2, 0) is 23.7 Å². The Balaban J connectivity index is 0.00000210. The number of esters is 1. The second-order valence-electron chi connectivity index (χ2n) is 7.52. The lowest BCUT2D eigenvalue weighted by Gasteiger charge is -2.42. The molecule has 1 rings (SSSR count). The molecule has 1 heterocycles. The Kier molecular flexibility index (Phi) is 13.9. The summed E-state index contributed by atoms with van der Waals surface area (Å²) in [5, 5.41) is 0. The van der Waals surface area contributed by atoms with Crippen LogP contribution < -0.4 is 0 Å². The third-order valence-electron chi connectivity index (χ3n) is 3.83. The fourth-order valence-electron chi connectivity index (χ4n) is 2.22. The van der Waals surface area contributed by atoms with Gasteiger partial charge < -0.3 is 18.9 Å². The summed E-state index contributed by atoms with van der Waals surface area (Å²) in [6.07, 6.45) is 6.34. The first-order valence-corrected chi connectivity index (χ1v) is 11.4. The van der Waals surface area contributed by atoms with Gasteiger partial charge in [-0.05, 0) is 38.7 Å². The molecule has 0 N–H and O–H groups in total. The van der Waals surface area contributed by atoms with Crippen LogP contribution in [0, 0.1) is 5.41 Å². The molecule has 0 unspecified atom stereocenters. The van der Waals surface area contributed by atoms with E-state index in [0.29, 0.717) is 26.2 Å². The van der Waals surface area contributed by atoms with E-state index in [-0.39, 0.29) is 12.6 Å². The topological polar surface area (TPSA) is 54.0 Å². The third-order valence-corrected chi connectivity index (χ3v) is 4.53. The van der Waals surface area contributed by atoms with Gasteiger partial charge in [-0.3, -0.25) is 4.79 Å². The van der Waals surface area contributed by atoms with E-state index in [1.54, 1.807) is 11.8 Å². The molecule has 1 fully saturated rings. The van der Waals surface area contributed by atoms with E-state index in [4.69, 9.17) is 18.9 Å². The zero-order valence-electron chi connectivity index (χ0n) is 18.2. The van der Waals surface area contributed by atoms with Gasteiger partial charge in [-0.1, -0.05) is 33.8 Å². The minimum Gasteiger partial charge on any atom is -0.498 e. The average molecular weight is 405 g/mol. The summed E-state index contributed by atoms with van der Waals surface area (Å²) in [5.74, 6) is 0.904. The van der Waals surface area contributed by atoms with E-state index in [1.165, 1.54) is 6.42 Å². The van der Waals surface area contributed by atoms with Gasteiger partial charge in [0.25, 0.3) is 0 Å². The molecule has 6 heteroatoms. The number of rotatable bonds is 11. The van der Waals surface area contributed by atoms with Crippen LogP contribution in [0.4, 0.5) is 0 Å². The Bertz CT molecular complexity index is 413. The number of carbonyl (C=O) groups excluding carboxylic acids is 1. The van der Waals surface area contributed by atoms with Crippen molar-refractivity contribution in [1.29, 1.82) is 0 Å². The van der Waals surface area contributed by atoms with Crippen molar-refractivity contribution in [2.75, 3.05) is 38.4 Å². The lowest BCUT2D eigenvalue weighted by atomic mass is 9.91. The normalized spacial score (nSPS) is 17.4. The van der Waals surface area contributed by atoms with Crippen LogP contribution in [0.3, 0.4) is 0 Å². The maximum Gasteiger partial charge on any atom is 0.305 e. The number of hydrogen-bond donors (Lipinski definition) is 0. The Morgan fingerprint density at radius 2 is 1.63 bits per heavy atom. The number of ether oxygens (including phenoxy) is 4. The molecule has 0 aliphatic carbocycles. The fourth-order valence-corrected chi connectivity index (χ4v) is 2.65. The number of allylic oxidation sites excluding steroid dienone is 1. The van der Waals surface area contributed by atoms with Gasteiger partial charge in [0.2, 0.25) is 0 Å². The Hall–Kier alpha value is -0.720. The minimum absolute atomic E-state index is 0.180. The van der Waals surface area contributed by atoms with Crippen molar-refractivity contribution < 1.29 is 23.7 Å². The molecule has 0 aromatic carbocycles. The van der Waals surface area contributed by atoms with Gasteiger partial charge in [-0.2, -0.15) is 11.8 Å². The highest BCUT2D eigenvalue weighted by Crippen LogP contribution is 2.31. The van der Waals surface area contributed by atoms with Crippen molar-refractivity contribution >= 4 is 17.7 Å². The molecular weight excluding hydrogens is 364 g/mol. The van der Waals surface area contributed by atoms with Crippen LogP contribution in [0.5, 0.6) is 0 Å². The predicted octanol–water partition coefficient (Wildman–Crippen LogP) is 5.19. The fraction of sp³-hybridized carbons (Fsp3) is 0.857. The Morgan fingerprint density at radius 3 is 2.15 bits per heavy atom. The van der Waals surface area contributed by atoms with Crippen molar-refractivity contribution in [3.05, 3.63) is 12.3 Å². The first kappa shape index (κ1) is 26.3. The summed E-state index contributed by atoms with van der Waals surface area (Å²) in [7, 11) is 0. The van der Waals surface area contributed by atoms with Crippen LogP contribution in [0.2, 0.25) is 0 Å². The number of hydrogen-bond acceptors (Lipinski definition) is 6. The molecule has 0 saturated carbocycles. The molecular formula is C21H40O5S. The van der Waals surface area contributed by atoms with Crippen molar-refractivity contribution in [2.45, 2.75) is 72.5 Å². The van der Waals surface area contributed by atoms with Crippen LogP contribution >= 0.6 is 11.8 Å². The van der Waals surface area contributed by atoms with Gasteiger partial charge in [0.05, 0.1) is 24.4 Å². The first-order chi connectivity index (χ1) is 12.7. The smallest absolute Gasteiger partial charge is 0.305 e. The molecule has 0 amide bonds. The standard InChI is InChI=1S/C18H32O5S.C3H8/c1-6-8-15(2)20-11-18(13-22-17(3,4)23-14-18)12-21-16(19)9-7-10-24-5;1-3-2/h2,6-14H2,1,3-5H3;3H2,1-2H3. The van der Waals surface area contributed by atoms with Gasteiger partial charge in [0.1, 0.15) is 13.2 Å². The molecule has 0 spiro atoms. The van der Waals surface area contributed by atoms with Crippen molar-refractivity contribution in [3.63, 3.8) is 0 Å². The van der Waals surface area contributed by atoms with Crippen LogP contribution in [0.15, 0.2) is 12.3 Å². The molecule has 0 aromatic rings. The summed E-state index contributed by atoms with van der Waals surface area (Å²) in [6.45, 7) is 15.5. The van der Waals surface area contributed by atoms with Gasteiger partial charge in [0, 0.05) is 12.8 Å². The van der Waals surface area contributed by atoms with E-state index >= 15 is 0 Å². The summed E-state index contributed by atoms with van der Waals surface area (Å²) in [5.41, 5.74) is -0.485. The van der Waals surface area contributed by atoms with Gasteiger partial charge in [-0.25, -0.2) is 0 Å². The molecule has 160 valence electrons. The molecule has 0 atom stereocenters. The van der Waals surface area contributed by atoms with E-state index in [1.807, 2.05) is 20.1 Å². The van der Waals surface area contributed by atoms with Crippen LogP contribution in [-0.4, -0.2) is 50.2 Å². The van der Waals surface area contributed by atoms with Crippen molar-refractivity contribution in [3.8, 4) is 0 Å². The van der Waals surface area contributed by atoms with E-state index in [0.717, 1.165) is 30.8 Å². The van der Waals surface area contributed by atoms with Crippen LogP contribution in [0.1, 0.15) is 66.7 Å². The SMILES string of the molecule is C=C(CCC)OCC1(COC(=O)CCCSC)COC(C)(C)OC1.CCC. The van der Waals surface area contributed by atoms with Crippen LogP contribution in [0.25, 0.3) is 0 Å². The minimum atomic E-state index is -0.619. The average Bonchev–Trinajstić information content (AvgIpc) is 2.61. The molecule has 0 bridgehead atoms. The first-order valence-electron chi connectivity index (χ1n) is 9.97. The maximum absolute atomic E-state index is 11.9. The molecule has 27 heavy (non-hydrogen) atoms. The maximum atomic E-state index is 11.9. The number of carbonyl (C=O) groups is 1. The molecule has 1 aliphatic heterocycles. The molecule has 1 aliphatic rings. The van der Waals surface area contributed by atoms with E-state index < -0.39 is 11.2 Å². The predicted molar refractivity (Wildman–Crippen MR) is 113 cm³/mol. The highest BCUT2D eigenvalue weighted by Gasteiger charge is 2.42. The zero-order chi connectivity index (χ0) is 20.8. The Morgan fingerprint density at radius 1 is 1.07 bits per heavy atom. The monoisotopic (exact) mass is 404 g/mol. The van der Waals surface area contributed by atoms with E-state index in [9.17, 15) is 4.79 Å². The lowest BCUT2D eigenvalue weighted by Crippen LogP contribution is -2.51. The summed E-state index contributed by atoms with van der Waals surface area (Å²) < 4.78 is 22.8. The summed E-state index contributed by atoms with van der Waals surface area (Å²) in [6, 6.07) is 0. The largest absolute Gasteiger partial charge is 0.498 e. The second kappa shape index (κ2) is 14.3. The highest BCUT2D eigenvalue weighted by molar-refractivity contribution is 7.98. The lowest BCUT2D eigenvalue weighted by molar-refractivity contribution is -0.296. The van der Waals surface area contributed by atoms with E-state index in [2.05, 4.69) is 27.4 Å². The quantitative estimate of drug-likeness (QED) is 0.268. The molecule has 0 radical (unpaired) electrons. The number of thioether (sulfide) groups is 1. The van der Waals surface area contributed by atoms with Gasteiger partial charge >= 0.3 is 5.97 Å². The van der Waals surface area contributed by atoms with Crippen molar-refractivity contribution in [1.82, 2.24) is 0 Å². The molecule has 1 saturated heterocycles. The van der Waals surface area contributed by atoms with Gasteiger partial charge in [0.15, 0.2) is 5.79 Å². The second-order valence-corrected chi connectivity index (χ2v) is 8.50.